The van der Waals surface area contributed by atoms with Gasteiger partial charge in [-0.15, -0.1) is 0 Å². The van der Waals surface area contributed by atoms with Crippen molar-refractivity contribution in [1.82, 2.24) is 5.32 Å². The van der Waals surface area contributed by atoms with Crippen LogP contribution in [-0.2, 0) is 9.59 Å². The smallest absolute Gasteiger partial charge is 0.239 e. The van der Waals surface area contributed by atoms with Gasteiger partial charge in [-0.25, -0.2) is 0 Å². The number of rotatable bonds is 5. The van der Waals surface area contributed by atoms with Crippen LogP contribution in [0.2, 0.25) is 0 Å². The molecule has 1 heterocycles. The summed E-state index contributed by atoms with van der Waals surface area (Å²) in [6, 6.07) is 8.22. The summed E-state index contributed by atoms with van der Waals surface area (Å²) < 4.78 is 0. The Morgan fingerprint density at radius 2 is 1.88 bits per heavy atom. The number of carbonyl (C=O) groups is 2. The lowest BCUT2D eigenvalue weighted by molar-refractivity contribution is -0.133. The van der Waals surface area contributed by atoms with Crippen molar-refractivity contribution >= 4 is 17.5 Å². The first-order valence-corrected chi connectivity index (χ1v) is 9.93. The molecule has 1 aliphatic heterocycles. The highest BCUT2D eigenvalue weighted by Gasteiger charge is 2.39. The summed E-state index contributed by atoms with van der Waals surface area (Å²) in [5, 5.41) is 3.12. The zero-order chi connectivity index (χ0) is 18.7. The van der Waals surface area contributed by atoms with Gasteiger partial charge in [-0.2, -0.15) is 0 Å². The first-order chi connectivity index (χ1) is 12.5. The fourth-order valence-corrected chi connectivity index (χ4v) is 4.18. The number of nitrogens with one attached hydrogen (secondary N) is 1. The summed E-state index contributed by atoms with van der Waals surface area (Å²) in [7, 11) is 0. The van der Waals surface area contributed by atoms with Gasteiger partial charge in [0.25, 0.3) is 0 Å². The molecule has 0 bridgehead atoms. The van der Waals surface area contributed by atoms with Gasteiger partial charge >= 0.3 is 0 Å². The van der Waals surface area contributed by atoms with E-state index in [0.717, 1.165) is 24.9 Å². The molecule has 0 aromatic heterocycles. The molecule has 26 heavy (non-hydrogen) atoms. The van der Waals surface area contributed by atoms with Crippen LogP contribution in [0.25, 0.3) is 0 Å². The molecule has 142 valence electrons. The number of nitrogens with two attached hydrogens (primary N) is 1. The molecule has 2 aliphatic rings. The standard InChI is InChI=1S/C21H31N3O2/c1-14(2)15-7-9-17(10-8-15)24-12-11-18(21(24)26)20(25)23-19-6-4-3-5-16(19)13-22/h7-10,14,16,18-19H,3-6,11-13,22H2,1-2H3,(H,23,25). The fraction of sp³-hybridized carbons (Fsp3) is 0.619. The molecule has 2 amide bonds. The maximum absolute atomic E-state index is 12.8. The van der Waals surface area contributed by atoms with Crippen LogP contribution in [0.5, 0.6) is 0 Å². The predicted octanol–water partition coefficient (Wildman–Crippen LogP) is 2.80. The Morgan fingerprint density at radius 1 is 1.19 bits per heavy atom. The van der Waals surface area contributed by atoms with E-state index in [4.69, 9.17) is 5.73 Å². The molecule has 0 spiro atoms. The van der Waals surface area contributed by atoms with Crippen molar-refractivity contribution in [2.45, 2.75) is 57.9 Å². The molecule has 1 aromatic carbocycles. The van der Waals surface area contributed by atoms with E-state index in [2.05, 4.69) is 31.3 Å². The Labute approximate surface area is 156 Å². The van der Waals surface area contributed by atoms with E-state index in [1.54, 1.807) is 4.90 Å². The van der Waals surface area contributed by atoms with Gasteiger partial charge in [0.15, 0.2) is 0 Å². The highest BCUT2D eigenvalue weighted by atomic mass is 16.2. The maximum Gasteiger partial charge on any atom is 0.239 e. The van der Waals surface area contributed by atoms with Crippen molar-refractivity contribution in [3.63, 3.8) is 0 Å². The van der Waals surface area contributed by atoms with Crippen molar-refractivity contribution in [3.8, 4) is 0 Å². The lowest BCUT2D eigenvalue weighted by atomic mass is 9.84. The zero-order valence-corrected chi connectivity index (χ0v) is 15.9. The Bertz CT molecular complexity index is 641. The molecule has 5 nitrogen and oxygen atoms in total. The molecule has 0 radical (unpaired) electrons. The van der Waals surface area contributed by atoms with Gasteiger partial charge in [0.2, 0.25) is 11.8 Å². The van der Waals surface area contributed by atoms with E-state index >= 15 is 0 Å². The summed E-state index contributed by atoms with van der Waals surface area (Å²) in [5.74, 6) is 0.0217. The molecule has 3 N–H and O–H groups in total. The third-order valence-corrected chi connectivity index (χ3v) is 5.93. The molecule has 1 aromatic rings. The average Bonchev–Trinajstić information content (AvgIpc) is 3.03. The van der Waals surface area contributed by atoms with Gasteiger partial charge in [-0.3, -0.25) is 9.59 Å². The minimum atomic E-state index is -0.569. The second kappa shape index (κ2) is 8.21. The minimum absolute atomic E-state index is 0.0834. The van der Waals surface area contributed by atoms with Gasteiger partial charge in [0.05, 0.1) is 0 Å². The van der Waals surface area contributed by atoms with Crippen LogP contribution in [0.15, 0.2) is 24.3 Å². The van der Waals surface area contributed by atoms with Crippen molar-refractivity contribution in [2.75, 3.05) is 18.0 Å². The van der Waals surface area contributed by atoms with Crippen molar-refractivity contribution in [2.24, 2.45) is 17.6 Å². The Balaban J connectivity index is 1.63. The predicted molar refractivity (Wildman–Crippen MR) is 104 cm³/mol. The SMILES string of the molecule is CC(C)c1ccc(N2CCC(C(=O)NC3CCCCC3CN)C2=O)cc1. The Kier molecular flexibility index (Phi) is 5.97. The monoisotopic (exact) mass is 357 g/mol. The largest absolute Gasteiger partial charge is 0.352 e. The van der Waals surface area contributed by atoms with Crippen LogP contribution >= 0.6 is 0 Å². The lowest BCUT2D eigenvalue weighted by Gasteiger charge is -2.32. The van der Waals surface area contributed by atoms with E-state index in [1.807, 2.05) is 12.1 Å². The number of nitrogens with zero attached hydrogens (tertiary/aromatic N) is 1. The molecule has 2 fully saturated rings. The zero-order valence-electron chi connectivity index (χ0n) is 15.9. The second-order valence-electron chi connectivity index (χ2n) is 7.97. The highest BCUT2D eigenvalue weighted by Crippen LogP contribution is 2.28. The van der Waals surface area contributed by atoms with E-state index in [9.17, 15) is 9.59 Å². The van der Waals surface area contributed by atoms with E-state index in [1.165, 1.54) is 12.0 Å². The molecule has 1 aliphatic carbocycles. The van der Waals surface area contributed by atoms with Gasteiger partial charge in [-0.05, 0) is 55.3 Å². The fourth-order valence-electron chi connectivity index (χ4n) is 4.18. The molecule has 3 unspecified atom stereocenters. The molecule has 1 saturated heterocycles. The molecule has 3 rings (SSSR count). The average molecular weight is 357 g/mol. The van der Waals surface area contributed by atoms with Crippen LogP contribution in [0.3, 0.4) is 0 Å². The van der Waals surface area contributed by atoms with Crippen LogP contribution in [0.4, 0.5) is 5.69 Å². The summed E-state index contributed by atoms with van der Waals surface area (Å²) in [5.41, 5.74) is 7.99. The van der Waals surface area contributed by atoms with Crippen LogP contribution in [0, 0.1) is 11.8 Å². The van der Waals surface area contributed by atoms with Crippen LogP contribution in [0.1, 0.15) is 57.4 Å². The number of carbonyl (C=O) groups excluding carboxylic acids is 2. The van der Waals surface area contributed by atoms with Crippen LogP contribution in [-0.4, -0.2) is 30.9 Å². The van der Waals surface area contributed by atoms with Crippen molar-refractivity contribution in [1.29, 1.82) is 0 Å². The third kappa shape index (κ3) is 3.93. The van der Waals surface area contributed by atoms with E-state index < -0.39 is 5.92 Å². The Hall–Kier alpha value is -1.88. The maximum atomic E-state index is 12.8. The molecular weight excluding hydrogens is 326 g/mol. The summed E-state index contributed by atoms with van der Waals surface area (Å²) >= 11 is 0. The Morgan fingerprint density at radius 3 is 2.54 bits per heavy atom. The normalized spacial score (nSPS) is 26.4. The topological polar surface area (TPSA) is 75.4 Å². The highest BCUT2D eigenvalue weighted by molar-refractivity contribution is 6.09. The second-order valence-corrected chi connectivity index (χ2v) is 7.97. The number of benzene rings is 1. The number of hydrogen-bond acceptors (Lipinski definition) is 3. The summed E-state index contributed by atoms with van der Waals surface area (Å²) in [6.45, 7) is 5.49. The quantitative estimate of drug-likeness (QED) is 0.796. The number of amides is 2. The van der Waals surface area contributed by atoms with Gasteiger partial charge in [-0.1, -0.05) is 38.8 Å². The first-order valence-electron chi connectivity index (χ1n) is 9.93. The number of hydrogen-bond donors (Lipinski definition) is 2. The third-order valence-electron chi connectivity index (χ3n) is 5.93. The first kappa shape index (κ1) is 18.9. The summed E-state index contributed by atoms with van der Waals surface area (Å²) in [6.07, 6.45) is 4.91. The van der Waals surface area contributed by atoms with Gasteiger partial charge in [0, 0.05) is 18.3 Å². The van der Waals surface area contributed by atoms with Crippen LogP contribution < -0.4 is 16.0 Å². The van der Waals surface area contributed by atoms with Gasteiger partial charge < -0.3 is 16.0 Å². The molecule has 3 atom stereocenters. The lowest BCUT2D eigenvalue weighted by Crippen LogP contribution is -2.48. The molecule has 5 heteroatoms. The van der Waals surface area contributed by atoms with Crippen molar-refractivity contribution in [3.05, 3.63) is 29.8 Å². The van der Waals surface area contributed by atoms with Crippen molar-refractivity contribution < 1.29 is 9.59 Å². The van der Waals surface area contributed by atoms with E-state index in [0.29, 0.717) is 31.3 Å². The molecular formula is C21H31N3O2. The van der Waals surface area contributed by atoms with Gasteiger partial charge in [0.1, 0.15) is 5.92 Å². The molecule has 1 saturated carbocycles. The van der Waals surface area contributed by atoms with E-state index in [-0.39, 0.29) is 17.9 Å². The minimum Gasteiger partial charge on any atom is -0.352 e. The summed E-state index contributed by atoms with van der Waals surface area (Å²) in [4.78, 5) is 27.3. The number of anilines is 1.